The Balaban J connectivity index is 0.00000625. The van der Waals surface area contributed by atoms with E-state index in [0.717, 1.165) is 0 Å². The maximum absolute atomic E-state index is 11.6. The molecule has 0 spiro atoms. The molecule has 10 N–H and O–H groups in total. The van der Waals surface area contributed by atoms with Crippen LogP contribution in [0.3, 0.4) is 0 Å². The third kappa shape index (κ3) is 6.61. The van der Waals surface area contributed by atoms with Crippen LogP contribution in [0.1, 0.15) is 0 Å². The van der Waals surface area contributed by atoms with E-state index in [1.165, 1.54) is 0 Å². The van der Waals surface area contributed by atoms with Crippen molar-refractivity contribution in [2.45, 2.75) is 36.3 Å². The molecule has 0 aromatic rings. The predicted molar refractivity (Wildman–Crippen MR) is 77.1 cm³/mol. The number of hydrogen-bond donors (Lipinski definition) is 10. The van der Waals surface area contributed by atoms with Crippen LogP contribution in [0.15, 0.2) is 0 Å². The molecule has 16 nitrogen and oxygen atoms in total. The average molecular weight is 460 g/mol. The van der Waals surface area contributed by atoms with Crippen LogP contribution in [0.25, 0.3) is 0 Å². The fraction of sp³-hybridized carbons (Fsp3) is 1.00. The normalized spacial score (nSPS) is 40.2. The van der Waals surface area contributed by atoms with Gasteiger partial charge in [-0.05, 0) is 0 Å². The molecule has 8 atom stereocenters. The Morgan fingerprint density at radius 2 is 1.08 bits per heavy atom. The molecule has 0 aromatic heterocycles. The molecule has 1 rings (SSSR count). The van der Waals surface area contributed by atoms with E-state index in [9.17, 15) is 49.2 Å². The summed E-state index contributed by atoms with van der Waals surface area (Å²) in [5, 5.41) is 57.1. The number of aliphatic hydroxyl groups excluding tert-OH is 5. The van der Waals surface area contributed by atoms with Crippen LogP contribution in [0.4, 0.5) is 0 Å². The summed E-state index contributed by atoms with van der Waals surface area (Å²) in [6, 6.07) is 0. The van der Waals surface area contributed by atoms with Gasteiger partial charge in [0.05, 0.1) is 0 Å². The summed E-state index contributed by atoms with van der Waals surface area (Å²) in [6.45, 7) is 0. The van der Waals surface area contributed by atoms with Gasteiger partial charge >= 0.3 is 53.0 Å². The van der Waals surface area contributed by atoms with Gasteiger partial charge in [0.25, 0.3) is 0 Å². The fourth-order valence-electron chi connectivity index (χ4n) is 1.83. The SMILES string of the molecule is O=P(O)(O)OP(=O)(O)OP(=O)(O)O[C@]1(O)[C@H](O)[C@H](O)[C@@H](O)[C@H](O)[C@H]1O.[NaH]. The van der Waals surface area contributed by atoms with E-state index in [-0.39, 0.29) is 29.6 Å². The van der Waals surface area contributed by atoms with Crippen LogP contribution in [0.5, 0.6) is 0 Å². The summed E-state index contributed by atoms with van der Waals surface area (Å²) in [5.74, 6) is -3.72. The zero-order valence-electron chi connectivity index (χ0n) is 11.7. The molecule has 0 aromatic carbocycles. The molecule has 0 radical (unpaired) electrons. The average Bonchev–Trinajstić information content (AvgIpc) is 2.36. The molecule has 26 heavy (non-hydrogen) atoms. The Kier molecular flexibility index (Phi) is 9.30. The minimum atomic E-state index is -6.04. The number of hydrogen-bond acceptors (Lipinski definition) is 12. The molecule has 0 aliphatic heterocycles. The number of aliphatic hydroxyl groups is 6. The van der Waals surface area contributed by atoms with Gasteiger partial charge in [0.15, 0.2) is 0 Å². The van der Waals surface area contributed by atoms with Gasteiger partial charge in [0, 0.05) is 0 Å². The third-order valence-corrected chi connectivity index (χ3v) is 6.72. The molecule has 2 unspecified atom stereocenters. The first-order chi connectivity index (χ1) is 10.9. The Labute approximate surface area is 166 Å². The van der Waals surface area contributed by atoms with Crippen LogP contribution in [-0.2, 0) is 26.8 Å². The van der Waals surface area contributed by atoms with Gasteiger partial charge in [-0.2, -0.15) is 8.62 Å². The van der Waals surface area contributed by atoms with Crippen molar-refractivity contribution in [2.24, 2.45) is 0 Å². The van der Waals surface area contributed by atoms with E-state index in [4.69, 9.17) is 14.7 Å². The van der Waals surface area contributed by atoms with E-state index >= 15 is 0 Å². The van der Waals surface area contributed by atoms with Gasteiger partial charge in [-0.15, -0.1) is 0 Å². The summed E-state index contributed by atoms with van der Waals surface area (Å²) in [5.41, 5.74) is 0. The van der Waals surface area contributed by atoms with Crippen LogP contribution >= 0.6 is 23.5 Å². The monoisotopic (exact) mass is 460 g/mol. The van der Waals surface area contributed by atoms with Crippen molar-refractivity contribution in [3.63, 3.8) is 0 Å². The molecule has 1 aliphatic carbocycles. The second kappa shape index (κ2) is 8.90. The molecular formula is C6H16NaO16P3. The summed E-state index contributed by atoms with van der Waals surface area (Å²) >= 11 is 0. The first kappa shape index (κ1) is 27.2. The van der Waals surface area contributed by atoms with Gasteiger partial charge in [-0.3, -0.25) is 0 Å². The molecule has 1 saturated carbocycles. The van der Waals surface area contributed by atoms with Crippen molar-refractivity contribution in [2.75, 3.05) is 0 Å². The first-order valence-corrected chi connectivity index (χ1v) is 10.4. The first-order valence-electron chi connectivity index (χ1n) is 5.89. The van der Waals surface area contributed by atoms with Gasteiger partial charge in [0.2, 0.25) is 5.79 Å². The number of rotatable bonds is 6. The summed E-state index contributed by atoms with van der Waals surface area (Å²) < 4.78 is 43.8. The Morgan fingerprint density at radius 3 is 1.42 bits per heavy atom. The van der Waals surface area contributed by atoms with Gasteiger partial charge in [-0.25, -0.2) is 18.2 Å². The Hall–Kier alpha value is 1.17. The second-order valence-electron chi connectivity index (χ2n) is 4.80. The van der Waals surface area contributed by atoms with E-state index in [2.05, 4.69) is 13.1 Å². The topological polar surface area (TPSA) is 281 Å². The van der Waals surface area contributed by atoms with Crippen LogP contribution < -0.4 is 0 Å². The van der Waals surface area contributed by atoms with Crippen LogP contribution in [-0.4, -0.2) is 116 Å². The predicted octanol–water partition coefficient (Wildman–Crippen LogP) is -4.81. The summed E-state index contributed by atoms with van der Waals surface area (Å²) in [4.78, 5) is 34.9. The third-order valence-electron chi connectivity index (χ3n) is 2.87. The standard InChI is InChI=1S/C6H15O16P3.Na.H/c7-1-2(8)4(10)6(12,5(11)3(1)9)20-24(16,17)22-25(18,19)21-23(13,14)15;;/h1-5,7-12H,(H,16,17)(H,18,19)(H2,13,14,15);;/t1-,2-,3+,4-,5-,6-;;/m1../s1. The fourth-order valence-corrected chi connectivity index (χ4v) is 5.05. The van der Waals surface area contributed by atoms with Crippen molar-refractivity contribution >= 4 is 53.0 Å². The van der Waals surface area contributed by atoms with Gasteiger partial charge in [-0.1, -0.05) is 0 Å². The molecule has 1 aliphatic rings. The van der Waals surface area contributed by atoms with E-state index in [1.807, 2.05) is 0 Å². The molecule has 20 heteroatoms. The van der Waals surface area contributed by atoms with Crippen LogP contribution in [0.2, 0.25) is 0 Å². The Bertz CT molecular complexity index is 617. The summed E-state index contributed by atoms with van der Waals surface area (Å²) in [6.07, 6.45) is -12.6. The Morgan fingerprint density at radius 1 is 0.692 bits per heavy atom. The summed E-state index contributed by atoms with van der Waals surface area (Å²) in [7, 11) is -17.7. The van der Waals surface area contributed by atoms with Crippen molar-refractivity contribution in [3.05, 3.63) is 0 Å². The van der Waals surface area contributed by atoms with Gasteiger partial charge in [0.1, 0.15) is 30.5 Å². The van der Waals surface area contributed by atoms with Crippen molar-refractivity contribution in [1.82, 2.24) is 0 Å². The molecule has 1 fully saturated rings. The van der Waals surface area contributed by atoms with Crippen LogP contribution in [0, 0.1) is 0 Å². The number of phosphoric acid groups is 3. The molecule has 152 valence electrons. The molecule has 0 amide bonds. The van der Waals surface area contributed by atoms with Crippen molar-refractivity contribution in [3.8, 4) is 0 Å². The second-order valence-corrected chi connectivity index (χ2v) is 9.14. The minimum absolute atomic E-state index is 0. The molecular weight excluding hydrogens is 444 g/mol. The number of phosphoric ester groups is 1. The zero-order valence-corrected chi connectivity index (χ0v) is 14.3. The zero-order chi connectivity index (χ0) is 20.0. The van der Waals surface area contributed by atoms with E-state index in [1.54, 1.807) is 0 Å². The van der Waals surface area contributed by atoms with E-state index < -0.39 is 59.8 Å². The molecule has 0 bridgehead atoms. The van der Waals surface area contributed by atoms with Crippen molar-refractivity contribution in [1.29, 1.82) is 0 Å². The van der Waals surface area contributed by atoms with Gasteiger partial charge < -0.3 is 50.2 Å². The molecule has 0 heterocycles. The van der Waals surface area contributed by atoms with E-state index in [0.29, 0.717) is 0 Å². The van der Waals surface area contributed by atoms with Crippen molar-refractivity contribution < 1.29 is 77.1 Å². The quantitative estimate of drug-likeness (QED) is 0.101. The molecule has 0 saturated heterocycles. The maximum atomic E-state index is 11.6.